The molecule has 0 fully saturated rings. The molecule has 0 saturated carbocycles. The number of nitrogens with two attached hydrogens (primary N) is 1. The molecule has 0 spiro atoms. The topological polar surface area (TPSA) is 26.0 Å². The predicted molar refractivity (Wildman–Crippen MR) is 77.5 cm³/mol. The first-order valence-electron chi connectivity index (χ1n) is 6.20. The molecule has 2 rings (SSSR count). The summed E-state index contributed by atoms with van der Waals surface area (Å²) in [6.45, 7) is 2.84. The van der Waals surface area contributed by atoms with Gasteiger partial charge in [-0.05, 0) is 34.6 Å². The van der Waals surface area contributed by atoms with Crippen LogP contribution >= 0.6 is 11.8 Å². The second-order valence-electron chi connectivity index (χ2n) is 4.17. The van der Waals surface area contributed by atoms with Crippen LogP contribution in [-0.4, -0.2) is 5.75 Å². The molecule has 2 heteroatoms. The standard InChI is InChI=1S/C15H19NS/c1-2-3-10-17-15-9-8-12(11-16)13-6-4-5-7-14(13)15/h4-9H,2-3,10-11,16H2,1H3. The molecule has 17 heavy (non-hydrogen) atoms. The highest BCUT2D eigenvalue weighted by Crippen LogP contribution is 2.30. The summed E-state index contributed by atoms with van der Waals surface area (Å²) in [7, 11) is 0. The Morgan fingerprint density at radius 2 is 1.82 bits per heavy atom. The van der Waals surface area contributed by atoms with Gasteiger partial charge in [0, 0.05) is 11.4 Å². The molecular weight excluding hydrogens is 226 g/mol. The zero-order valence-electron chi connectivity index (χ0n) is 10.3. The summed E-state index contributed by atoms with van der Waals surface area (Å²) in [5.74, 6) is 1.20. The fourth-order valence-electron chi connectivity index (χ4n) is 1.96. The van der Waals surface area contributed by atoms with Crippen molar-refractivity contribution in [2.45, 2.75) is 31.2 Å². The van der Waals surface area contributed by atoms with Gasteiger partial charge in [0.05, 0.1) is 0 Å². The quantitative estimate of drug-likeness (QED) is 0.631. The van der Waals surface area contributed by atoms with Crippen molar-refractivity contribution < 1.29 is 0 Å². The molecule has 0 aliphatic heterocycles. The third-order valence-corrected chi connectivity index (χ3v) is 4.11. The van der Waals surface area contributed by atoms with Crippen LogP contribution in [0.25, 0.3) is 10.8 Å². The maximum absolute atomic E-state index is 5.78. The predicted octanol–water partition coefficient (Wildman–Crippen LogP) is 4.19. The number of benzene rings is 2. The van der Waals surface area contributed by atoms with Crippen LogP contribution < -0.4 is 5.73 Å². The van der Waals surface area contributed by atoms with E-state index in [0.717, 1.165) is 0 Å². The summed E-state index contributed by atoms with van der Waals surface area (Å²) < 4.78 is 0. The summed E-state index contributed by atoms with van der Waals surface area (Å²) in [6, 6.07) is 12.9. The average molecular weight is 245 g/mol. The van der Waals surface area contributed by atoms with E-state index in [1.807, 2.05) is 11.8 Å². The minimum absolute atomic E-state index is 0.612. The normalized spacial score (nSPS) is 10.9. The van der Waals surface area contributed by atoms with Crippen LogP contribution in [0.2, 0.25) is 0 Å². The first kappa shape index (κ1) is 12.5. The van der Waals surface area contributed by atoms with E-state index in [1.165, 1.54) is 39.8 Å². The van der Waals surface area contributed by atoms with Gasteiger partial charge in [-0.2, -0.15) is 0 Å². The largest absolute Gasteiger partial charge is 0.326 e. The molecule has 0 aliphatic carbocycles. The van der Waals surface area contributed by atoms with Gasteiger partial charge in [-0.1, -0.05) is 43.7 Å². The van der Waals surface area contributed by atoms with Gasteiger partial charge in [0.1, 0.15) is 0 Å². The van der Waals surface area contributed by atoms with Gasteiger partial charge in [-0.3, -0.25) is 0 Å². The molecule has 0 aliphatic rings. The Morgan fingerprint density at radius 3 is 2.53 bits per heavy atom. The van der Waals surface area contributed by atoms with Crippen molar-refractivity contribution in [1.82, 2.24) is 0 Å². The van der Waals surface area contributed by atoms with Crippen LogP contribution in [0.4, 0.5) is 0 Å². The second-order valence-corrected chi connectivity index (χ2v) is 5.31. The molecule has 2 N–H and O–H groups in total. The lowest BCUT2D eigenvalue weighted by Gasteiger charge is -2.09. The van der Waals surface area contributed by atoms with E-state index >= 15 is 0 Å². The number of fused-ring (bicyclic) bond motifs is 1. The molecule has 1 nitrogen and oxygen atoms in total. The monoisotopic (exact) mass is 245 g/mol. The van der Waals surface area contributed by atoms with Crippen LogP contribution in [0.5, 0.6) is 0 Å². The van der Waals surface area contributed by atoms with E-state index in [0.29, 0.717) is 6.54 Å². The van der Waals surface area contributed by atoms with Gasteiger partial charge in [0.25, 0.3) is 0 Å². The Kier molecular flexibility index (Phi) is 4.46. The third-order valence-electron chi connectivity index (χ3n) is 2.95. The summed E-state index contributed by atoms with van der Waals surface area (Å²) in [6.07, 6.45) is 2.53. The van der Waals surface area contributed by atoms with Crippen molar-refractivity contribution in [3.8, 4) is 0 Å². The lowest BCUT2D eigenvalue weighted by Crippen LogP contribution is -1.97. The second kappa shape index (κ2) is 6.08. The van der Waals surface area contributed by atoms with Crippen molar-refractivity contribution in [2.75, 3.05) is 5.75 Å². The molecule has 90 valence electrons. The van der Waals surface area contributed by atoms with Crippen LogP contribution in [-0.2, 0) is 6.54 Å². The minimum atomic E-state index is 0.612. The zero-order chi connectivity index (χ0) is 12.1. The fraction of sp³-hybridized carbons (Fsp3) is 0.333. The molecule has 0 atom stereocenters. The van der Waals surface area contributed by atoms with E-state index in [-0.39, 0.29) is 0 Å². The first-order chi connectivity index (χ1) is 8.36. The summed E-state index contributed by atoms with van der Waals surface area (Å²) in [5, 5.41) is 2.65. The van der Waals surface area contributed by atoms with Gasteiger partial charge in [-0.25, -0.2) is 0 Å². The third kappa shape index (κ3) is 2.82. The van der Waals surface area contributed by atoms with Gasteiger partial charge in [0.2, 0.25) is 0 Å². The molecule has 0 radical (unpaired) electrons. The molecule has 0 amide bonds. The van der Waals surface area contributed by atoms with Gasteiger partial charge in [0.15, 0.2) is 0 Å². The van der Waals surface area contributed by atoms with E-state index in [1.54, 1.807) is 0 Å². The average Bonchev–Trinajstić information content (AvgIpc) is 2.39. The number of hydrogen-bond donors (Lipinski definition) is 1. The molecule has 0 saturated heterocycles. The van der Waals surface area contributed by atoms with Gasteiger partial charge in [-0.15, -0.1) is 11.8 Å². The van der Waals surface area contributed by atoms with Crippen molar-refractivity contribution in [3.63, 3.8) is 0 Å². The summed E-state index contributed by atoms with van der Waals surface area (Å²) in [5.41, 5.74) is 7.02. The summed E-state index contributed by atoms with van der Waals surface area (Å²) in [4.78, 5) is 1.38. The molecule has 2 aromatic carbocycles. The summed E-state index contributed by atoms with van der Waals surface area (Å²) >= 11 is 1.95. The number of unbranched alkanes of at least 4 members (excludes halogenated alkanes) is 1. The fourth-order valence-corrected chi connectivity index (χ4v) is 3.11. The van der Waals surface area contributed by atoms with Crippen molar-refractivity contribution in [3.05, 3.63) is 42.0 Å². The highest BCUT2D eigenvalue weighted by atomic mass is 32.2. The molecule has 0 unspecified atom stereocenters. The SMILES string of the molecule is CCCCSc1ccc(CN)c2ccccc12. The molecule has 0 aromatic heterocycles. The number of thioether (sulfide) groups is 1. The highest BCUT2D eigenvalue weighted by molar-refractivity contribution is 7.99. The van der Waals surface area contributed by atoms with Gasteiger partial charge >= 0.3 is 0 Å². The molecule has 2 aromatic rings. The Morgan fingerprint density at radius 1 is 1.06 bits per heavy atom. The molecular formula is C15H19NS. The Labute approximate surface area is 107 Å². The number of rotatable bonds is 5. The van der Waals surface area contributed by atoms with E-state index in [9.17, 15) is 0 Å². The van der Waals surface area contributed by atoms with E-state index in [4.69, 9.17) is 5.73 Å². The number of hydrogen-bond acceptors (Lipinski definition) is 2. The van der Waals surface area contributed by atoms with Crippen molar-refractivity contribution in [1.29, 1.82) is 0 Å². The lowest BCUT2D eigenvalue weighted by atomic mass is 10.0. The van der Waals surface area contributed by atoms with Crippen molar-refractivity contribution >= 4 is 22.5 Å². The van der Waals surface area contributed by atoms with Gasteiger partial charge < -0.3 is 5.73 Å². The first-order valence-corrected chi connectivity index (χ1v) is 7.19. The molecule has 0 heterocycles. The lowest BCUT2D eigenvalue weighted by molar-refractivity contribution is 0.896. The smallest absolute Gasteiger partial charge is 0.0184 e. The van der Waals surface area contributed by atoms with Crippen LogP contribution in [0.15, 0.2) is 41.3 Å². The van der Waals surface area contributed by atoms with Crippen molar-refractivity contribution in [2.24, 2.45) is 5.73 Å². The zero-order valence-corrected chi connectivity index (χ0v) is 11.1. The van der Waals surface area contributed by atoms with E-state index < -0.39 is 0 Å². The minimum Gasteiger partial charge on any atom is -0.326 e. The Balaban J connectivity index is 2.37. The highest BCUT2D eigenvalue weighted by Gasteiger charge is 2.04. The Bertz CT molecular complexity index is 493. The van der Waals surface area contributed by atoms with Crippen LogP contribution in [0, 0.1) is 0 Å². The van der Waals surface area contributed by atoms with Crippen LogP contribution in [0.3, 0.4) is 0 Å². The maximum atomic E-state index is 5.78. The maximum Gasteiger partial charge on any atom is 0.0184 e. The van der Waals surface area contributed by atoms with E-state index in [2.05, 4.69) is 43.3 Å². The van der Waals surface area contributed by atoms with Crippen LogP contribution in [0.1, 0.15) is 25.3 Å². The Hall–Kier alpha value is -0.990. The molecule has 0 bridgehead atoms.